The summed E-state index contributed by atoms with van der Waals surface area (Å²) in [5.41, 5.74) is 0.646. The fourth-order valence-electron chi connectivity index (χ4n) is 1.67. The number of rotatable bonds is 7. The summed E-state index contributed by atoms with van der Waals surface area (Å²) in [6.45, 7) is 0. The number of carbonyl (C=O) groups is 2. The Morgan fingerprint density at radius 2 is 2.05 bits per heavy atom. The first-order valence-electron chi connectivity index (χ1n) is 6.12. The summed E-state index contributed by atoms with van der Waals surface area (Å²) in [5, 5.41) is 11.8. The number of carboxylic acid groups (broad SMARTS) is 1. The van der Waals surface area contributed by atoms with Crippen LogP contribution < -0.4 is 5.32 Å². The van der Waals surface area contributed by atoms with Crippen LogP contribution in [0.15, 0.2) is 24.3 Å². The van der Waals surface area contributed by atoms with E-state index in [1.807, 2.05) is 0 Å². The van der Waals surface area contributed by atoms with Crippen LogP contribution in [0.4, 0.5) is 0 Å². The third kappa shape index (κ3) is 7.10. The minimum Gasteiger partial charge on any atom is -0.480 e. The number of benzene rings is 1. The quantitative estimate of drug-likeness (QED) is 0.771. The predicted octanol–water partition coefficient (Wildman–Crippen LogP) is 0.887. The molecular formula is C13H16ClNO5S. The Kier molecular flexibility index (Phi) is 6.17. The number of carbonyl (C=O) groups excluding carboxylic acids is 1. The SMILES string of the molecule is CS(=O)(=O)CCC(NC(=O)Cc1cccc(Cl)c1)C(=O)O. The second-order valence-electron chi connectivity index (χ2n) is 4.68. The number of amides is 1. The summed E-state index contributed by atoms with van der Waals surface area (Å²) in [7, 11) is -3.29. The highest BCUT2D eigenvalue weighted by molar-refractivity contribution is 7.90. The molecule has 6 nitrogen and oxygen atoms in total. The van der Waals surface area contributed by atoms with E-state index in [0.717, 1.165) is 6.26 Å². The highest BCUT2D eigenvalue weighted by atomic mass is 35.5. The van der Waals surface area contributed by atoms with Gasteiger partial charge in [-0.25, -0.2) is 13.2 Å². The molecule has 21 heavy (non-hydrogen) atoms. The van der Waals surface area contributed by atoms with Gasteiger partial charge in [0.2, 0.25) is 5.91 Å². The van der Waals surface area contributed by atoms with Crippen molar-refractivity contribution in [3.05, 3.63) is 34.9 Å². The van der Waals surface area contributed by atoms with Gasteiger partial charge in [-0.15, -0.1) is 0 Å². The van der Waals surface area contributed by atoms with Crippen LogP contribution in [0.2, 0.25) is 5.02 Å². The fraction of sp³-hybridized carbons (Fsp3) is 0.385. The van der Waals surface area contributed by atoms with Gasteiger partial charge in [0.05, 0.1) is 12.2 Å². The van der Waals surface area contributed by atoms with E-state index in [4.69, 9.17) is 16.7 Å². The summed E-state index contributed by atoms with van der Waals surface area (Å²) in [6.07, 6.45) is 0.818. The molecule has 1 rings (SSSR count). The van der Waals surface area contributed by atoms with Gasteiger partial charge in [0, 0.05) is 11.3 Å². The van der Waals surface area contributed by atoms with E-state index < -0.39 is 27.8 Å². The first-order chi connectivity index (χ1) is 9.67. The molecule has 1 aromatic rings. The van der Waals surface area contributed by atoms with Gasteiger partial charge in [-0.05, 0) is 24.1 Å². The predicted molar refractivity (Wildman–Crippen MR) is 79.1 cm³/mol. The lowest BCUT2D eigenvalue weighted by Gasteiger charge is -2.14. The van der Waals surface area contributed by atoms with E-state index >= 15 is 0 Å². The first kappa shape index (κ1) is 17.5. The Morgan fingerprint density at radius 3 is 2.57 bits per heavy atom. The Hall–Kier alpha value is -1.60. The second kappa shape index (κ2) is 7.42. The maximum Gasteiger partial charge on any atom is 0.326 e. The van der Waals surface area contributed by atoms with Crippen LogP contribution in [0.5, 0.6) is 0 Å². The van der Waals surface area contributed by atoms with Crippen molar-refractivity contribution in [2.24, 2.45) is 0 Å². The molecule has 0 aliphatic heterocycles. The third-order valence-corrected chi connectivity index (χ3v) is 3.88. The number of aliphatic carboxylic acids is 1. The van der Waals surface area contributed by atoms with Gasteiger partial charge in [-0.3, -0.25) is 4.79 Å². The maximum absolute atomic E-state index is 11.8. The van der Waals surface area contributed by atoms with Gasteiger partial charge in [0.15, 0.2) is 0 Å². The summed E-state index contributed by atoms with van der Waals surface area (Å²) in [6, 6.07) is 5.41. The molecule has 1 amide bonds. The van der Waals surface area contributed by atoms with Crippen molar-refractivity contribution in [1.82, 2.24) is 5.32 Å². The zero-order chi connectivity index (χ0) is 16.0. The standard InChI is InChI=1S/C13H16ClNO5S/c1-21(19,20)6-5-11(13(17)18)15-12(16)8-9-3-2-4-10(14)7-9/h2-4,7,11H,5-6,8H2,1H3,(H,15,16)(H,17,18). The van der Waals surface area contributed by atoms with Gasteiger partial charge in [0.1, 0.15) is 15.9 Å². The van der Waals surface area contributed by atoms with Crippen molar-refractivity contribution < 1.29 is 23.1 Å². The van der Waals surface area contributed by atoms with Crippen molar-refractivity contribution in [2.45, 2.75) is 18.9 Å². The zero-order valence-electron chi connectivity index (χ0n) is 11.4. The van der Waals surface area contributed by atoms with Crippen molar-refractivity contribution in [2.75, 3.05) is 12.0 Å². The number of nitrogens with one attached hydrogen (secondary N) is 1. The molecule has 0 aromatic heterocycles. The molecule has 1 unspecified atom stereocenters. The van der Waals surface area contributed by atoms with Crippen LogP contribution in [-0.2, 0) is 25.8 Å². The van der Waals surface area contributed by atoms with Crippen molar-refractivity contribution in [3.8, 4) is 0 Å². The van der Waals surface area contributed by atoms with E-state index in [0.29, 0.717) is 10.6 Å². The van der Waals surface area contributed by atoms with Gasteiger partial charge in [0.25, 0.3) is 0 Å². The average molecular weight is 334 g/mol. The molecule has 0 spiro atoms. The Labute approximate surface area is 128 Å². The molecule has 0 aliphatic carbocycles. The third-order valence-electron chi connectivity index (χ3n) is 2.66. The molecule has 0 heterocycles. The lowest BCUT2D eigenvalue weighted by atomic mass is 10.1. The largest absolute Gasteiger partial charge is 0.480 e. The smallest absolute Gasteiger partial charge is 0.326 e. The minimum atomic E-state index is -3.29. The van der Waals surface area contributed by atoms with Gasteiger partial charge in [-0.2, -0.15) is 0 Å². The molecule has 0 radical (unpaired) electrons. The topological polar surface area (TPSA) is 101 Å². The van der Waals surface area contributed by atoms with Gasteiger partial charge >= 0.3 is 5.97 Å². The number of sulfone groups is 1. The molecule has 0 aliphatic rings. The Balaban J connectivity index is 2.62. The fourth-order valence-corrected chi connectivity index (χ4v) is 2.54. The number of hydrogen-bond acceptors (Lipinski definition) is 4. The van der Waals surface area contributed by atoms with E-state index in [2.05, 4.69) is 5.32 Å². The molecule has 0 bridgehead atoms. The molecule has 8 heteroatoms. The number of halogens is 1. The second-order valence-corrected chi connectivity index (χ2v) is 7.38. The molecule has 1 aromatic carbocycles. The zero-order valence-corrected chi connectivity index (χ0v) is 12.9. The van der Waals surface area contributed by atoms with Gasteiger partial charge in [-0.1, -0.05) is 23.7 Å². The van der Waals surface area contributed by atoms with Crippen LogP contribution >= 0.6 is 11.6 Å². The van der Waals surface area contributed by atoms with E-state index in [1.54, 1.807) is 24.3 Å². The lowest BCUT2D eigenvalue weighted by Crippen LogP contribution is -2.42. The highest BCUT2D eigenvalue weighted by Gasteiger charge is 2.21. The van der Waals surface area contributed by atoms with Crippen LogP contribution in [0.3, 0.4) is 0 Å². The summed E-state index contributed by atoms with van der Waals surface area (Å²) >= 11 is 5.79. The van der Waals surface area contributed by atoms with Crippen LogP contribution in [0.25, 0.3) is 0 Å². The average Bonchev–Trinajstić information content (AvgIpc) is 2.32. The van der Waals surface area contributed by atoms with E-state index in [-0.39, 0.29) is 18.6 Å². The molecule has 0 saturated carbocycles. The van der Waals surface area contributed by atoms with Crippen LogP contribution in [0, 0.1) is 0 Å². The number of hydrogen-bond donors (Lipinski definition) is 2. The normalized spacial score (nSPS) is 12.7. The number of carboxylic acids is 1. The van der Waals surface area contributed by atoms with E-state index in [9.17, 15) is 18.0 Å². The van der Waals surface area contributed by atoms with Crippen molar-refractivity contribution in [1.29, 1.82) is 0 Å². The van der Waals surface area contributed by atoms with Crippen molar-refractivity contribution in [3.63, 3.8) is 0 Å². The lowest BCUT2D eigenvalue weighted by molar-refractivity contribution is -0.141. The minimum absolute atomic E-state index is 0.0246. The molecule has 1 atom stereocenters. The van der Waals surface area contributed by atoms with Crippen molar-refractivity contribution >= 4 is 33.3 Å². The summed E-state index contributed by atoms with van der Waals surface area (Å²) < 4.78 is 22.1. The monoisotopic (exact) mass is 333 g/mol. The van der Waals surface area contributed by atoms with Gasteiger partial charge < -0.3 is 10.4 Å². The summed E-state index contributed by atoms with van der Waals surface area (Å²) in [5.74, 6) is -2.07. The highest BCUT2D eigenvalue weighted by Crippen LogP contribution is 2.11. The van der Waals surface area contributed by atoms with Crippen LogP contribution in [0.1, 0.15) is 12.0 Å². The van der Waals surface area contributed by atoms with E-state index in [1.165, 1.54) is 0 Å². The Morgan fingerprint density at radius 1 is 1.38 bits per heavy atom. The Bertz CT molecular complexity index is 629. The molecule has 0 saturated heterocycles. The van der Waals surface area contributed by atoms with Crippen LogP contribution in [-0.4, -0.2) is 43.5 Å². The molecule has 0 fully saturated rings. The summed E-state index contributed by atoms with van der Waals surface area (Å²) in [4.78, 5) is 22.8. The molecule has 116 valence electrons. The maximum atomic E-state index is 11.8. The molecule has 2 N–H and O–H groups in total. The first-order valence-corrected chi connectivity index (χ1v) is 8.55. The molecular weight excluding hydrogens is 318 g/mol.